The molecule has 0 radical (unpaired) electrons. The fourth-order valence-corrected chi connectivity index (χ4v) is 3.34. The largest absolute Gasteiger partial charge is 0.457 e. The van der Waals surface area contributed by atoms with Gasteiger partial charge in [0.05, 0.1) is 0 Å². The number of nitrogens with zero attached hydrogens (tertiary/aromatic N) is 1. The zero-order valence-corrected chi connectivity index (χ0v) is 18.7. The number of anilines is 1. The minimum atomic E-state index is -0.291. The number of rotatable bonds is 6. The minimum absolute atomic E-state index is 0.266. The molecule has 2 aromatic heterocycles. The summed E-state index contributed by atoms with van der Waals surface area (Å²) in [5.74, 6) is 0.516. The standard InChI is InChI=1S/C25H21ClN4O3/c1-15-6-7-18(12-21(15)26)30-25(32)22-11-17(14-29-22)16-4-3-5-19(10-16)33-20-8-9-28-23(13-20)24(31)27-2/h3-14,29H,1-2H3,(H,27,31)(H,30,32). The van der Waals surface area contributed by atoms with Crippen LogP contribution in [0.2, 0.25) is 5.02 Å². The Morgan fingerprint density at radius 3 is 2.58 bits per heavy atom. The van der Waals surface area contributed by atoms with Crippen LogP contribution in [0.4, 0.5) is 5.69 Å². The second-order valence-electron chi connectivity index (χ2n) is 7.31. The number of hydrogen-bond donors (Lipinski definition) is 3. The number of nitrogens with one attached hydrogen (secondary N) is 3. The first kappa shape index (κ1) is 22.1. The highest BCUT2D eigenvalue weighted by Crippen LogP contribution is 2.28. The SMILES string of the molecule is CNC(=O)c1cc(Oc2cccc(-c3c[nH]c(C(=O)Nc4ccc(C)c(Cl)c4)c3)c2)ccn1. The molecule has 4 aromatic rings. The van der Waals surface area contributed by atoms with Crippen molar-refractivity contribution in [2.45, 2.75) is 6.92 Å². The average Bonchev–Trinajstić information content (AvgIpc) is 3.32. The van der Waals surface area contributed by atoms with Gasteiger partial charge in [-0.15, -0.1) is 0 Å². The molecule has 4 rings (SSSR count). The molecular formula is C25H21ClN4O3. The number of H-pyrrole nitrogens is 1. The Bertz CT molecular complexity index is 1330. The third-order valence-electron chi connectivity index (χ3n) is 4.95. The van der Waals surface area contributed by atoms with Crippen LogP contribution in [0.5, 0.6) is 11.5 Å². The van der Waals surface area contributed by atoms with E-state index in [0.717, 1.165) is 16.7 Å². The Labute approximate surface area is 195 Å². The van der Waals surface area contributed by atoms with Crippen molar-refractivity contribution in [2.75, 3.05) is 12.4 Å². The summed E-state index contributed by atoms with van der Waals surface area (Å²) in [6.07, 6.45) is 3.27. The molecule has 0 unspecified atom stereocenters. The fourth-order valence-electron chi connectivity index (χ4n) is 3.16. The number of aromatic nitrogens is 2. The molecule has 0 fully saturated rings. The van der Waals surface area contributed by atoms with Gasteiger partial charge in [-0.1, -0.05) is 29.8 Å². The van der Waals surface area contributed by atoms with E-state index in [-0.39, 0.29) is 17.5 Å². The molecule has 0 atom stereocenters. The van der Waals surface area contributed by atoms with E-state index < -0.39 is 0 Å². The first-order valence-electron chi connectivity index (χ1n) is 10.2. The maximum atomic E-state index is 12.6. The predicted octanol–water partition coefficient (Wildman–Crippen LogP) is 5.44. The number of carbonyl (C=O) groups is 2. The number of pyridine rings is 1. The zero-order chi connectivity index (χ0) is 23.4. The van der Waals surface area contributed by atoms with Gasteiger partial charge in [-0.3, -0.25) is 14.6 Å². The highest BCUT2D eigenvalue weighted by Gasteiger charge is 2.12. The number of ether oxygens (including phenoxy) is 1. The summed E-state index contributed by atoms with van der Waals surface area (Å²) >= 11 is 6.14. The van der Waals surface area contributed by atoms with Crippen LogP contribution >= 0.6 is 11.6 Å². The summed E-state index contributed by atoms with van der Waals surface area (Å²) in [5.41, 5.74) is 3.93. The molecule has 0 saturated heterocycles. The van der Waals surface area contributed by atoms with Gasteiger partial charge >= 0.3 is 0 Å². The molecule has 7 nitrogen and oxygen atoms in total. The molecule has 0 spiro atoms. The Kier molecular flexibility index (Phi) is 6.42. The lowest BCUT2D eigenvalue weighted by molar-refractivity contribution is 0.0957. The smallest absolute Gasteiger partial charge is 0.272 e. The molecule has 0 saturated carbocycles. The first-order valence-corrected chi connectivity index (χ1v) is 10.5. The number of halogens is 1. The quantitative estimate of drug-likeness (QED) is 0.357. The second-order valence-corrected chi connectivity index (χ2v) is 7.71. The van der Waals surface area contributed by atoms with E-state index in [1.807, 2.05) is 37.3 Å². The van der Waals surface area contributed by atoms with Gasteiger partial charge in [0.2, 0.25) is 0 Å². The van der Waals surface area contributed by atoms with Gasteiger partial charge in [0.15, 0.2) is 0 Å². The summed E-state index contributed by atoms with van der Waals surface area (Å²) in [6.45, 7) is 1.90. The van der Waals surface area contributed by atoms with Gasteiger partial charge in [-0.05, 0) is 54.4 Å². The maximum absolute atomic E-state index is 12.6. The highest BCUT2D eigenvalue weighted by molar-refractivity contribution is 6.31. The van der Waals surface area contributed by atoms with E-state index in [1.54, 1.807) is 43.6 Å². The van der Waals surface area contributed by atoms with E-state index in [0.29, 0.717) is 27.9 Å². The van der Waals surface area contributed by atoms with E-state index in [2.05, 4.69) is 20.6 Å². The number of hydrogen-bond acceptors (Lipinski definition) is 4. The van der Waals surface area contributed by atoms with Gasteiger partial charge in [-0.2, -0.15) is 0 Å². The monoisotopic (exact) mass is 460 g/mol. The lowest BCUT2D eigenvalue weighted by Gasteiger charge is -2.08. The summed E-state index contributed by atoms with van der Waals surface area (Å²) < 4.78 is 5.91. The molecule has 166 valence electrons. The van der Waals surface area contributed by atoms with Crippen molar-refractivity contribution in [2.24, 2.45) is 0 Å². The lowest BCUT2D eigenvalue weighted by Crippen LogP contribution is -2.18. The molecule has 2 amide bonds. The predicted molar refractivity (Wildman–Crippen MR) is 128 cm³/mol. The van der Waals surface area contributed by atoms with Crippen LogP contribution in [-0.2, 0) is 0 Å². The molecule has 0 aliphatic carbocycles. The Hall–Kier alpha value is -4.10. The van der Waals surface area contributed by atoms with Crippen LogP contribution in [0.15, 0.2) is 73.1 Å². The van der Waals surface area contributed by atoms with Crippen molar-refractivity contribution in [3.63, 3.8) is 0 Å². The van der Waals surface area contributed by atoms with Gasteiger partial charge in [0.1, 0.15) is 22.9 Å². The number of benzene rings is 2. The van der Waals surface area contributed by atoms with Gasteiger partial charge < -0.3 is 20.4 Å². The molecular weight excluding hydrogens is 440 g/mol. The fraction of sp³-hybridized carbons (Fsp3) is 0.0800. The van der Waals surface area contributed by atoms with Gasteiger partial charge in [0.25, 0.3) is 11.8 Å². The Morgan fingerprint density at radius 2 is 1.79 bits per heavy atom. The first-order chi connectivity index (χ1) is 15.9. The van der Waals surface area contributed by atoms with Crippen molar-refractivity contribution >= 4 is 29.1 Å². The third kappa shape index (κ3) is 5.22. The van der Waals surface area contributed by atoms with Crippen molar-refractivity contribution in [3.05, 3.63) is 95.0 Å². The summed E-state index contributed by atoms with van der Waals surface area (Å²) in [6, 6.07) is 17.8. The average molecular weight is 461 g/mol. The molecule has 0 aliphatic heterocycles. The maximum Gasteiger partial charge on any atom is 0.272 e. The number of carbonyl (C=O) groups excluding carboxylic acids is 2. The molecule has 33 heavy (non-hydrogen) atoms. The summed E-state index contributed by atoms with van der Waals surface area (Å²) in [7, 11) is 1.54. The highest BCUT2D eigenvalue weighted by atomic mass is 35.5. The van der Waals surface area contributed by atoms with Crippen molar-refractivity contribution < 1.29 is 14.3 Å². The molecule has 3 N–H and O–H groups in total. The molecule has 2 aromatic carbocycles. The Morgan fingerprint density at radius 1 is 0.970 bits per heavy atom. The van der Waals surface area contributed by atoms with Crippen molar-refractivity contribution in [3.8, 4) is 22.6 Å². The number of amides is 2. The molecule has 2 heterocycles. The van der Waals surface area contributed by atoms with Gasteiger partial charge in [0, 0.05) is 41.8 Å². The molecule has 0 bridgehead atoms. The van der Waals surface area contributed by atoms with E-state index >= 15 is 0 Å². The number of aryl methyl sites for hydroxylation is 1. The molecule has 0 aliphatic rings. The van der Waals surface area contributed by atoms with Crippen LogP contribution < -0.4 is 15.4 Å². The van der Waals surface area contributed by atoms with Crippen LogP contribution in [0.1, 0.15) is 26.5 Å². The molecule has 8 heteroatoms. The van der Waals surface area contributed by atoms with Crippen LogP contribution in [0, 0.1) is 6.92 Å². The minimum Gasteiger partial charge on any atom is -0.457 e. The van der Waals surface area contributed by atoms with E-state index in [4.69, 9.17) is 16.3 Å². The van der Waals surface area contributed by atoms with Crippen LogP contribution in [0.3, 0.4) is 0 Å². The summed E-state index contributed by atoms with van der Waals surface area (Å²) in [4.78, 5) is 31.5. The van der Waals surface area contributed by atoms with E-state index in [9.17, 15) is 9.59 Å². The van der Waals surface area contributed by atoms with Crippen LogP contribution in [-0.4, -0.2) is 28.8 Å². The zero-order valence-electron chi connectivity index (χ0n) is 18.0. The normalized spacial score (nSPS) is 10.5. The second kappa shape index (κ2) is 9.58. The topological polar surface area (TPSA) is 96.1 Å². The third-order valence-corrected chi connectivity index (χ3v) is 5.36. The van der Waals surface area contributed by atoms with Crippen molar-refractivity contribution in [1.29, 1.82) is 0 Å². The van der Waals surface area contributed by atoms with Gasteiger partial charge in [-0.25, -0.2) is 0 Å². The number of aromatic amines is 1. The van der Waals surface area contributed by atoms with Crippen LogP contribution in [0.25, 0.3) is 11.1 Å². The van der Waals surface area contributed by atoms with E-state index in [1.165, 1.54) is 6.20 Å². The Balaban J connectivity index is 1.49. The summed E-state index contributed by atoms with van der Waals surface area (Å²) in [5, 5.41) is 5.96. The van der Waals surface area contributed by atoms with Crippen molar-refractivity contribution in [1.82, 2.24) is 15.3 Å². The lowest BCUT2D eigenvalue weighted by atomic mass is 10.1.